The van der Waals surface area contributed by atoms with E-state index in [-0.39, 0.29) is 23.2 Å². The zero-order valence-corrected chi connectivity index (χ0v) is 14.4. The van der Waals surface area contributed by atoms with E-state index in [1.807, 2.05) is 13.0 Å². The Morgan fingerprint density at radius 1 is 1.50 bits per heavy atom. The summed E-state index contributed by atoms with van der Waals surface area (Å²) in [6.07, 6.45) is 0.488. The first-order valence-electron chi connectivity index (χ1n) is 7.55. The Kier molecular flexibility index (Phi) is 5.90. The number of ketones is 1. The van der Waals surface area contributed by atoms with E-state index < -0.39 is 17.2 Å². The second kappa shape index (κ2) is 7.90. The molecule has 0 aliphatic carbocycles. The average molecular weight is 346 g/mol. The van der Waals surface area contributed by atoms with Crippen molar-refractivity contribution in [2.24, 2.45) is 0 Å². The molecule has 0 atom stereocenters. The van der Waals surface area contributed by atoms with Crippen LogP contribution < -0.4 is 5.56 Å². The van der Waals surface area contributed by atoms with Crippen LogP contribution in [0.5, 0.6) is 5.88 Å². The summed E-state index contributed by atoms with van der Waals surface area (Å²) in [5.41, 5.74) is -0.500. The summed E-state index contributed by atoms with van der Waals surface area (Å²) in [6, 6.07) is 5.22. The number of carbonyl (C=O) groups is 1. The van der Waals surface area contributed by atoms with Crippen molar-refractivity contribution in [2.45, 2.75) is 26.8 Å². The molecule has 0 aromatic carbocycles. The summed E-state index contributed by atoms with van der Waals surface area (Å²) in [7, 11) is 0. The van der Waals surface area contributed by atoms with E-state index in [2.05, 4.69) is 0 Å². The predicted molar refractivity (Wildman–Crippen MR) is 90.7 cm³/mol. The number of nitrogens with zero attached hydrogens (tertiary/aromatic N) is 2. The third kappa shape index (κ3) is 3.40. The lowest BCUT2D eigenvalue weighted by Gasteiger charge is -2.15. The SMILES string of the molecule is CCOCCCn1c(O)c(C(=O)c2cccs2)c(C)c(C#N)c1=O. The van der Waals surface area contributed by atoms with Crippen LogP contribution in [0.25, 0.3) is 0 Å². The van der Waals surface area contributed by atoms with Crippen molar-refractivity contribution in [3.05, 3.63) is 49.4 Å². The Hall–Kier alpha value is -2.43. The van der Waals surface area contributed by atoms with Crippen LogP contribution in [-0.4, -0.2) is 28.7 Å². The van der Waals surface area contributed by atoms with Crippen LogP contribution in [0.15, 0.2) is 22.3 Å². The minimum absolute atomic E-state index is 0.00464. The van der Waals surface area contributed by atoms with Crippen LogP contribution in [0.3, 0.4) is 0 Å². The number of ether oxygens (including phenoxy) is 1. The Morgan fingerprint density at radius 2 is 2.25 bits per heavy atom. The molecule has 1 N–H and O–H groups in total. The number of thiophene rings is 1. The van der Waals surface area contributed by atoms with E-state index in [4.69, 9.17) is 4.74 Å². The molecule has 0 amide bonds. The fourth-order valence-electron chi connectivity index (χ4n) is 2.43. The van der Waals surface area contributed by atoms with Crippen LogP contribution in [0.1, 0.15) is 39.7 Å². The molecular formula is C17H18N2O4S. The molecule has 0 aliphatic rings. The quantitative estimate of drug-likeness (QED) is 0.614. The van der Waals surface area contributed by atoms with Crippen molar-refractivity contribution >= 4 is 17.1 Å². The molecule has 126 valence electrons. The number of aromatic hydroxyl groups is 1. The second-order valence-corrected chi connectivity index (χ2v) is 6.07. The minimum atomic E-state index is -0.591. The lowest BCUT2D eigenvalue weighted by Crippen LogP contribution is -2.27. The number of aromatic nitrogens is 1. The van der Waals surface area contributed by atoms with Crippen molar-refractivity contribution in [2.75, 3.05) is 13.2 Å². The molecule has 0 saturated carbocycles. The van der Waals surface area contributed by atoms with E-state index >= 15 is 0 Å². The molecule has 24 heavy (non-hydrogen) atoms. The molecule has 0 unspecified atom stereocenters. The van der Waals surface area contributed by atoms with Gasteiger partial charge in [-0.2, -0.15) is 5.26 Å². The minimum Gasteiger partial charge on any atom is -0.494 e. The second-order valence-electron chi connectivity index (χ2n) is 5.12. The third-order valence-corrected chi connectivity index (χ3v) is 4.52. The molecule has 2 aromatic heterocycles. The molecule has 0 fully saturated rings. The van der Waals surface area contributed by atoms with Crippen LogP contribution >= 0.6 is 11.3 Å². The standard InChI is InChI=1S/C17H18N2O4S/c1-3-23-8-5-7-19-16(21)12(10-18)11(2)14(17(19)22)15(20)13-6-4-9-24-13/h4,6,9,22H,3,5,7-8H2,1-2H3. The highest BCUT2D eigenvalue weighted by Gasteiger charge is 2.25. The highest BCUT2D eigenvalue weighted by atomic mass is 32.1. The van der Waals surface area contributed by atoms with Crippen LogP contribution in [0.4, 0.5) is 0 Å². The predicted octanol–water partition coefficient (Wildman–Crippen LogP) is 2.45. The third-order valence-electron chi connectivity index (χ3n) is 3.65. The van der Waals surface area contributed by atoms with Gasteiger partial charge in [0.15, 0.2) is 0 Å². The van der Waals surface area contributed by atoms with Gasteiger partial charge in [-0.05, 0) is 37.3 Å². The number of rotatable bonds is 7. The smallest absolute Gasteiger partial charge is 0.271 e. The molecular weight excluding hydrogens is 328 g/mol. The Morgan fingerprint density at radius 3 is 2.83 bits per heavy atom. The van der Waals surface area contributed by atoms with Gasteiger partial charge in [-0.25, -0.2) is 0 Å². The first kappa shape index (κ1) is 17.9. The Labute approximate surface area is 143 Å². The number of hydrogen-bond donors (Lipinski definition) is 1. The van der Waals surface area contributed by atoms with Gasteiger partial charge in [0.25, 0.3) is 5.56 Å². The van der Waals surface area contributed by atoms with Crippen LogP contribution in [0, 0.1) is 18.3 Å². The van der Waals surface area contributed by atoms with Gasteiger partial charge in [-0.15, -0.1) is 11.3 Å². The maximum Gasteiger partial charge on any atom is 0.271 e. The van der Waals surface area contributed by atoms with Gasteiger partial charge >= 0.3 is 0 Å². The van der Waals surface area contributed by atoms with E-state index in [1.165, 1.54) is 18.3 Å². The van der Waals surface area contributed by atoms with E-state index in [9.17, 15) is 20.0 Å². The molecule has 2 rings (SSSR count). The number of nitriles is 1. The van der Waals surface area contributed by atoms with Gasteiger partial charge in [-0.1, -0.05) is 6.07 Å². The Bertz CT molecular complexity index is 832. The van der Waals surface area contributed by atoms with Gasteiger partial charge in [0.1, 0.15) is 11.6 Å². The average Bonchev–Trinajstić information content (AvgIpc) is 3.09. The lowest BCUT2D eigenvalue weighted by atomic mass is 10.0. The molecule has 6 nitrogen and oxygen atoms in total. The Balaban J connectivity index is 2.53. The van der Waals surface area contributed by atoms with E-state index in [1.54, 1.807) is 17.5 Å². The van der Waals surface area contributed by atoms with Crippen LogP contribution in [-0.2, 0) is 11.3 Å². The monoisotopic (exact) mass is 346 g/mol. The molecule has 0 aliphatic heterocycles. The van der Waals surface area contributed by atoms with Gasteiger partial charge in [-0.3, -0.25) is 14.2 Å². The number of hydrogen-bond acceptors (Lipinski definition) is 6. The molecule has 2 aromatic rings. The summed E-state index contributed by atoms with van der Waals surface area (Å²) in [5, 5.41) is 21.5. The van der Waals surface area contributed by atoms with Crippen molar-refractivity contribution in [1.29, 1.82) is 5.26 Å². The number of pyridine rings is 1. The first-order chi connectivity index (χ1) is 11.5. The molecule has 0 saturated heterocycles. The fraction of sp³-hybridized carbons (Fsp3) is 0.353. The summed E-state index contributed by atoms with van der Waals surface area (Å²) in [4.78, 5) is 25.5. The molecule has 2 heterocycles. The normalized spacial score (nSPS) is 10.5. The highest BCUT2D eigenvalue weighted by Crippen LogP contribution is 2.26. The zero-order valence-electron chi connectivity index (χ0n) is 13.5. The fourth-order valence-corrected chi connectivity index (χ4v) is 3.10. The van der Waals surface area contributed by atoms with Crippen LogP contribution in [0.2, 0.25) is 0 Å². The topological polar surface area (TPSA) is 92.3 Å². The highest BCUT2D eigenvalue weighted by molar-refractivity contribution is 7.12. The molecule has 0 spiro atoms. The van der Waals surface area contributed by atoms with Gasteiger partial charge in [0.05, 0.1) is 10.4 Å². The van der Waals surface area contributed by atoms with Gasteiger partial charge in [0, 0.05) is 19.8 Å². The summed E-state index contributed by atoms with van der Waals surface area (Å²) in [5.74, 6) is -0.790. The van der Waals surface area contributed by atoms with Gasteiger partial charge < -0.3 is 9.84 Å². The lowest BCUT2D eigenvalue weighted by molar-refractivity contribution is 0.103. The summed E-state index contributed by atoms with van der Waals surface area (Å²) >= 11 is 1.24. The van der Waals surface area contributed by atoms with E-state index in [0.717, 1.165) is 4.57 Å². The van der Waals surface area contributed by atoms with Gasteiger partial charge in [0.2, 0.25) is 11.7 Å². The molecule has 0 bridgehead atoms. The zero-order chi connectivity index (χ0) is 17.7. The van der Waals surface area contributed by atoms with E-state index in [0.29, 0.717) is 24.5 Å². The summed E-state index contributed by atoms with van der Waals surface area (Å²) in [6.45, 7) is 4.52. The first-order valence-corrected chi connectivity index (χ1v) is 8.43. The molecule has 0 radical (unpaired) electrons. The molecule has 7 heteroatoms. The van der Waals surface area contributed by atoms with Crippen molar-refractivity contribution in [1.82, 2.24) is 4.57 Å². The summed E-state index contributed by atoms with van der Waals surface area (Å²) < 4.78 is 6.30. The number of carbonyl (C=O) groups excluding carboxylic acids is 1. The van der Waals surface area contributed by atoms with Crippen molar-refractivity contribution < 1.29 is 14.6 Å². The maximum atomic E-state index is 12.7. The van der Waals surface area contributed by atoms with Crippen molar-refractivity contribution in [3.63, 3.8) is 0 Å². The maximum absolute atomic E-state index is 12.7. The van der Waals surface area contributed by atoms with Crippen molar-refractivity contribution in [3.8, 4) is 11.9 Å². The largest absolute Gasteiger partial charge is 0.494 e.